The largest absolute Gasteiger partial charge is 0.551 e. The van der Waals surface area contributed by atoms with Gasteiger partial charge in [-0.1, -0.05) is 18.7 Å². The fourth-order valence-electron chi connectivity index (χ4n) is 1.50. The lowest BCUT2D eigenvalue weighted by atomic mass is 10.2. The van der Waals surface area contributed by atoms with E-state index in [1.54, 1.807) is 6.08 Å². The van der Waals surface area contributed by atoms with Crippen LogP contribution < -0.4 is 4.43 Å². The third kappa shape index (κ3) is 1.17. The topological polar surface area (TPSA) is 25.0 Å². The molecule has 0 atom stereocenters. The summed E-state index contributed by atoms with van der Waals surface area (Å²) in [6, 6.07) is 8.09. The third-order valence-corrected chi connectivity index (χ3v) is 2.50. The molecule has 0 saturated carbocycles. The van der Waals surface area contributed by atoms with E-state index in [0.717, 1.165) is 22.3 Å². The summed E-state index contributed by atoms with van der Waals surface area (Å²) < 4.78 is 5.43. The van der Waals surface area contributed by atoms with Gasteiger partial charge in [0.2, 0.25) is 10.5 Å². The Morgan fingerprint density at radius 3 is 2.85 bits per heavy atom. The molecule has 1 N–H and O–H groups in total. The second-order valence-electron chi connectivity index (χ2n) is 2.82. The molecule has 0 fully saturated rings. The minimum absolute atomic E-state index is 0.697. The van der Waals surface area contributed by atoms with Crippen molar-refractivity contribution >= 4 is 27.5 Å². The Kier molecular flexibility index (Phi) is 1.94. The van der Waals surface area contributed by atoms with Crippen LogP contribution >= 0.6 is 0 Å². The molecule has 1 aromatic carbocycles. The zero-order valence-electron chi connectivity index (χ0n) is 7.50. The van der Waals surface area contributed by atoms with Crippen LogP contribution in [-0.2, 0) is 0 Å². The van der Waals surface area contributed by atoms with E-state index in [2.05, 4.69) is 11.6 Å². The maximum absolute atomic E-state index is 5.43. The average Bonchev–Trinajstić information content (AvgIpc) is 2.55. The molecule has 0 aliphatic rings. The second-order valence-corrected chi connectivity index (χ2v) is 3.23. The Balaban J connectivity index is 2.81. The Morgan fingerprint density at radius 2 is 2.15 bits per heavy atom. The van der Waals surface area contributed by atoms with Crippen molar-refractivity contribution in [2.24, 2.45) is 0 Å². The molecule has 0 spiro atoms. The van der Waals surface area contributed by atoms with Crippen LogP contribution in [0.2, 0.25) is 0 Å². The molecule has 0 unspecified atom stereocenters. The lowest BCUT2D eigenvalue weighted by molar-refractivity contribution is 0.622. The molecule has 2 nitrogen and oxygen atoms in total. The van der Waals surface area contributed by atoms with E-state index in [9.17, 15) is 0 Å². The number of rotatable bonds is 2. The molecule has 3 heteroatoms. The maximum atomic E-state index is 5.43. The number of fused-ring (bicyclic) bond motifs is 1. The van der Waals surface area contributed by atoms with Gasteiger partial charge in [-0.25, -0.2) is 0 Å². The summed E-state index contributed by atoms with van der Waals surface area (Å²) in [6.45, 7) is 3.74. The zero-order valence-corrected chi connectivity index (χ0v) is 9.50. The van der Waals surface area contributed by atoms with Gasteiger partial charge >= 0.3 is 0 Å². The van der Waals surface area contributed by atoms with Crippen LogP contribution in [0.1, 0.15) is 5.69 Å². The van der Waals surface area contributed by atoms with Gasteiger partial charge in [0, 0.05) is 10.9 Å². The molecular formula is C10H11NOSi. The molecule has 0 radical (unpaired) electrons. The molecule has 0 saturated heterocycles. The van der Waals surface area contributed by atoms with Gasteiger partial charge in [0.25, 0.3) is 0 Å². The average molecular weight is 189 g/mol. The van der Waals surface area contributed by atoms with Crippen LogP contribution in [0.5, 0.6) is 5.75 Å². The normalized spacial score (nSPS) is 10.5. The quantitative estimate of drug-likeness (QED) is 0.711. The van der Waals surface area contributed by atoms with Crippen molar-refractivity contribution in [3.8, 4) is 5.75 Å². The van der Waals surface area contributed by atoms with Crippen molar-refractivity contribution in [1.82, 2.24) is 4.98 Å². The molecule has 2 rings (SSSR count). The molecule has 2 aromatic rings. The molecule has 1 aromatic heterocycles. The van der Waals surface area contributed by atoms with Crippen molar-refractivity contribution in [1.29, 1.82) is 0 Å². The van der Waals surface area contributed by atoms with Gasteiger partial charge in [-0.3, -0.25) is 0 Å². The Morgan fingerprint density at radius 1 is 1.38 bits per heavy atom. The first-order chi connectivity index (χ1) is 6.36. The first-order valence-electron chi connectivity index (χ1n) is 4.14. The van der Waals surface area contributed by atoms with Gasteiger partial charge in [-0.2, -0.15) is 0 Å². The fourth-order valence-corrected chi connectivity index (χ4v) is 1.94. The Bertz CT molecular complexity index is 447. The van der Waals surface area contributed by atoms with Crippen LogP contribution in [0.4, 0.5) is 0 Å². The van der Waals surface area contributed by atoms with Gasteiger partial charge in [-0.05, 0) is 18.2 Å². The second kappa shape index (κ2) is 3.10. The van der Waals surface area contributed by atoms with Crippen molar-refractivity contribution in [3.63, 3.8) is 0 Å². The minimum atomic E-state index is 0.697. The van der Waals surface area contributed by atoms with E-state index in [1.807, 2.05) is 24.3 Å². The monoisotopic (exact) mass is 189 g/mol. The highest BCUT2D eigenvalue weighted by atomic mass is 28.2. The number of H-pyrrole nitrogens is 1. The lowest BCUT2D eigenvalue weighted by Crippen LogP contribution is -1.85. The highest BCUT2D eigenvalue weighted by Crippen LogP contribution is 2.29. The van der Waals surface area contributed by atoms with Crippen molar-refractivity contribution < 1.29 is 4.43 Å². The van der Waals surface area contributed by atoms with Crippen LogP contribution in [0.25, 0.3) is 17.0 Å². The molecule has 13 heavy (non-hydrogen) atoms. The van der Waals surface area contributed by atoms with Crippen LogP contribution in [-0.4, -0.2) is 15.5 Å². The number of aromatic nitrogens is 1. The summed E-state index contributed by atoms with van der Waals surface area (Å²) in [5.41, 5.74) is 2.07. The van der Waals surface area contributed by atoms with E-state index < -0.39 is 0 Å². The molecule has 0 aliphatic carbocycles. The fraction of sp³-hybridized carbons (Fsp3) is 0. The van der Waals surface area contributed by atoms with E-state index in [0.29, 0.717) is 10.5 Å². The number of benzene rings is 1. The van der Waals surface area contributed by atoms with E-state index in [4.69, 9.17) is 4.43 Å². The number of para-hydroxylation sites is 1. The molecule has 66 valence electrons. The number of aromatic amines is 1. The highest BCUT2D eigenvalue weighted by molar-refractivity contribution is 6.03. The zero-order chi connectivity index (χ0) is 9.26. The van der Waals surface area contributed by atoms with Gasteiger partial charge in [0.1, 0.15) is 5.75 Å². The smallest absolute Gasteiger partial charge is 0.204 e. The SMILES string of the molecule is C=Cc1[nH]c2ccccc2c1O[SiH3]. The van der Waals surface area contributed by atoms with Crippen LogP contribution in [0.15, 0.2) is 30.8 Å². The van der Waals surface area contributed by atoms with Gasteiger partial charge in [-0.15, -0.1) is 0 Å². The first kappa shape index (κ1) is 8.13. The standard InChI is InChI=1S/C10H11NOSi/c1-2-8-10(12-13)7-5-3-4-6-9(7)11-8/h2-6,11H,1H2,13H3. The predicted molar refractivity (Wildman–Crippen MR) is 59.0 cm³/mol. The van der Waals surface area contributed by atoms with Gasteiger partial charge in [0.15, 0.2) is 0 Å². The summed E-state index contributed by atoms with van der Waals surface area (Å²) in [5.74, 6) is 0.928. The number of hydrogen-bond donors (Lipinski definition) is 1. The van der Waals surface area contributed by atoms with Crippen LogP contribution in [0.3, 0.4) is 0 Å². The van der Waals surface area contributed by atoms with Gasteiger partial charge < -0.3 is 9.41 Å². The summed E-state index contributed by atoms with van der Waals surface area (Å²) in [6.07, 6.45) is 1.78. The number of hydrogen-bond acceptors (Lipinski definition) is 1. The summed E-state index contributed by atoms with van der Waals surface area (Å²) in [4.78, 5) is 3.24. The first-order valence-corrected chi connectivity index (χ1v) is 4.95. The number of nitrogens with one attached hydrogen (secondary N) is 1. The third-order valence-electron chi connectivity index (χ3n) is 2.09. The predicted octanol–water partition coefficient (Wildman–Crippen LogP) is 1.47. The van der Waals surface area contributed by atoms with Gasteiger partial charge in [0.05, 0.1) is 5.69 Å². The molecular weight excluding hydrogens is 178 g/mol. The highest BCUT2D eigenvalue weighted by Gasteiger charge is 2.06. The summed E-state index contributed by atoms with van der Waals surface area (Å²) >= 11 is 0. The summed E-state index contributed by atoms with van der Waals surface area (Å²) in [5, 5.41) is 1.13. The van der Waals surface area contributed by atoms with E-state index >= 15 is 0 Å². The van der Waals surface area contributed by atoms with Crippen LogP contribution in [0, 0.1) is 0 Å². The summed E-state index contributed by atoms with van der Waals surface area (Å²) in [7, 11) is 0.697. The lowest BCUT2D eigenvalue weighted by Gasteiger charge is -1.98. The maximum Gasteiger partial charge on any atom is 0.204 e. The molecule has 0 bridgehead atoms. The van der Waals surface area contributed by atoms with E-state index in [1.165, 1.54) is 0 Å². The molecule has 0 aliphatic heterocycles. The van der Waals surface area contributed by atoms with Crippen molar-refractivity contribution in [3.05, 3.63) is 36.5 Å². The van der Waals surface area contributed by atoms with Crippen molar-refractivity contribution in [2.45, 2.75) is 0 Å². The van der Waals surface area contributed by atoms with Crippen molar-refractivity contribution in [2.75, 3.05) is 0 Å². The van der Waals surface area contributed by atoms with E-state index in [-0.39, 0.29) is 0 Å². The minimum Gasteiger partial charge on any atom is -0.551 e. The Labute approximate surface area is 79.8 Å². The molecule has 1 heterocycles. The molecule has 0 amide bonds. The Hall–Kier alpha value is -1.48.